The number of carboxylic acids is 1. The molecule has 2 unspecified atom stereocenters. The number of carbonyl (C=O) groups excluding carboxylic acids is 2. The van der Waals surface area contributed by atoms with Crippen molar-refractivity contribution in [3.05, 3.63) is 60.8 Å². The number of allylic oxidation sites excluding steroid dienone is 10. The maximum Gasteiger partial charge on any atom is 0.361 e. The Labute approximate surface area is 641 Å². The lowest BCUT2D eigenvalue weighted by Crippen LogP contribution is -2.40. The van der Waals surface area contributed by atoms with E-state index in [1.807, 2.05) is 21.1 Å². The second-order valence-electron chi connectivity index (χ2n) is 32.3. The molecule has 0 fully saturated rings. The van der Waals surface area contributed by atoms with Gasteiger partial charge in [-0.05, 0) is 83.5 Å². The van der Waals surface area contributed by atoms with Gasteiger partial charge in [0, 0.05) is 12.8 Å². The van der Waals surface area contributed by atoms with Crippen LogP contribution in [0.5, 0.6) is 0 Å². The van der Waals surface area contributed by atoms with Crippen LogP contribution >= 0.6 is 0 Å². The summed E-state index contributed by atoms with van der Waals surface area (Å²) in [5.74, 6) is -1.97. The molecule has 0 saturated heterocycles. The number of nitrogens with zero attached hydrogens (tertiary/aromatic N) is 1. The second-order valence-corrected chi connectivity index (χ2v) is 32.3. The Morgan fingerprint density at radius 3 is 0.777 bits per heavy atom. The molecule has 604 valence electrons. The minimum atomic E-state index is -1.51. The molecule has 0 rings (SSSR count). The van der Waals surface area contributed by atoms with Crippen LogP contribution in [0.4, 0.5) is 0 Å². The van der Waals surface area contributed by atoms with Crippen molar-refractivity contribution >= 4 is 17.9 Å². The van der Waals surface area contributed by atoms with E-state index >= 15 is 0 Å². The van der Waals surface area contributed by atoms with Gasteiger partial charge in [0.15, 0.2) is 6.10 Å². The van der Waals surface area contributed by atoms with E-state index in [0.29, 0.717) is 17.4 Å². The second kappa shape index (κ2) is 84.6. The number of esters is 2. The molecular formula is C94H176NO8+. The standard InChI is InChI=1S/C94H175NO8/c1-6-8-10-12-14-16-18-20-22-24-26-28-30-32-34-36-38-40-42-44-46-48-50-52-54-56-58-60-62-64-66-68-70-72-74-76-78-80-82-84-91(96)101-88-90(89-102-94(93(98)99)100-87-86-95(3,4)5)103-92(97)85-83-81-79-77-75-73-71-69-67-65-63-61-59-57-55-53-51-49-47-45-43-41-39-37-35-33-31-29-27-25-23-21-19-17-15-13-11-9-7-2/h18-21,24-27,31,33,90,94H,6-17,22-23,28-30,32,34-89H2,1-5H3/p+1/b20-18-,21-19-,26-24-,27-25-,33-31-. The maximum atomic E-state index is 13.0. The first-order chi connectivity index (χ1) is 50.6. The van der Waals surface area contributed by atoms with Gasteiger partial charge in [0.2, 0.25) is 0 Å². The third-order valence-corrected chi connectivity index (χ3v) is 20.7. The Hall–Kier alpha value is -3.01. The number of carboxylic acid groups (broad SMARTS) is 1. The third kappa shape index (κ3) is 86.1. The zero-order valence-corrected chi connectivity index (χ0v) is 69.5. The molecule has 0 spiro atoms. The smallest absolute Gasteiger partial charge is 0.361 e. The fraction of sp³-hybridized carbons (Fsp3) is 0.862. The van der Waals surface area contributed by atoms with E-state index in [2.05, 4.69) is 74.6 Å². The Balaban J connectivity index is 3.90. The lowest BCUT2D eigenvalue weighted by atomic mass is 10.0. The third-order valence-electron chi connectivity index (χ3n) is 20.7. The highest BCUT2D eigenvalue weighted by Crippen LogP contribution is 2.21. The zero-order chi connectivity index (χ0) is 74.6. The van der Waals surface area contributed by atoms with E-state index in [-0.39, 0.29) is 38.2 Å². The van der Waals surface area contributed by atoms with Gasteiger partial charge >= 0.3 is 17.9 Å². The highest BCUT2D eigenvalue weighted by molar-refractivity contribution is 5.71. The van der Waals surface area contributed by atoms with Crippen molar-refractivity contribution in [3.8, 4) is 0 Å². The van der Waals surface area contributed by atoms with Crippen LogP contribution in [0.15, 0.2) is 60.8 Å². The number of likely N-dealkylation sites (N-methyl/N-ethyl adjacent to an activating group) is 1. The molecule has 0 amide bonds. The van der Waals surface area contributed by atoms with E-state index in [1.165, 1.54) is 379 Å². The zero-order valence-electron chi connectivity index (χ0n) is 69.5. The SMILES string of the molecule is CCCCCCC/C=C\C/C=C\C/C=C\CCCCCCCCCCCCCCCCCCCCCCCCCCC(=O)OC(COC(=O)CCCCCCCCCCCCCCCCCCCCCCCCCCCCC/C=C\C/C=C\CCCCCCC)COC(OCC[N+](C)(C)C)C(=O)O. The Bertz CT molecular complexity index is 1880. The monoisotopic (exact) mass is 1450 g/mol. The van der Waals surface area contributed by atoms with Gasteiger partial charge in [-0.15, -0.1) is 0 Å². The molecule has 2 atom stereocenters. The number of ether oxygens (including phenoxy) is 4. The van der Waals surface area contributed by atoms with E-state index in [0.717, 1.165) is 57.8 Å². The molecule has 1 N–H and O–H groups in total. The first-order valence-corrected chi connectivity index (χ1v) is 45.5. The summed E-state index contributed by atoms with van der Waals surface area (Å²) in [5, 5.41) is 9.80. The number of hydrogen-bond donors (Lipinski definition) is 1. The van der Waals surface area contributed by atoms with Crippen LogP contribution in [0.2, 0.25) is 0 Å². The summed E-state index contributed by atoms with van der Waals surface area (Å²) in [5.41, 5.74) is 0. The molecule has 0 aromatic heterocycles. The van der Waals surface area contributed by atoms with E-state index in [9.17, 15) is 19.5 Å². The van der Waals surface area contributed by atoms with Crippen molar-refractivity contribution in [3.63, 3.8) is 0 Å². The fourth-order valence-corrected chi connectivity index (χ4v) is 13.8. The molecule has 0 aliphatic carbocycles. The molecule has 0 bridgehead atoms. The van der Waals surface area contributed by atoms with Gasteiger partial charge in [-0.3, -0.25) is 9.59 Å². The van der Waals surface area contributed by atoms with Crippen LogP contribution in [-0.2, 0) is 33.3 Å². The van der Waals surface area contributed by atoms with Gasteiger partial charge in [-0.2, -0.15) is 0 Å². The highest BCUT2D eigenvalue weighted by Gasteiger charge is 2.25. The van der Waals surface area contributed by atoms with E-state index in [1.54, 1.807) is 0 Å². The molecule has 0 heterocycles. The number of rotatable bonds is 86. The Morgan fingerprint density at radius 1 is 0.291 bits per heavy atom. The molecule has 9 nitrogen and oxygen atoms in total. The van der Waals surface area contributed by atoms with Crippen molar-refractivity contribution in [2.45, 2.75) is 476 Å². The summed E-state index contributed by atoms with van der Waals surface area (Å²) in [6.07, 6.45) is 111. The predicted octanol–water partition coefficient (Wildman–Crippen LogP) is 29.7. The average Bonchev–Trinajstić information content (AvgIpc) is 0.985. The van der Waals surface area contributed by atoms with Crippen molar-refractivity contribution in [1.82, 2.24) is 0 Å². The van der Waals surface area contributed by atoms with Crippen LogP contribution in [0.25, 0.3) is 0 Å². The summed E-state index contributed by atoms with van der Waals surface area (Å²) in [6, 6.07) is 0. The summed E-state index contributed by atoms with van der Waals surface area (Å²) < 4.78 is 23.1. The molecule has 9 heteroatoms. The number of quaternary nitrogens is 1. The largest absolute Gasteiger partial charge is 0.477 e. The molecular weight excluding hydrogens is 1270 g/mol. The fourth-order valence-electron chi connectivity index (χ4n) is 13.8. The van der Waals surface area contributed by atoms with Crippen LogP contribution in [0.3, 0.4) is 0 Å². The Morgan fingerprint density at radius 2 is 0.524 bits per heavy atom. The van der Waals surface area contributed by atoms with Gasteiger partial charge in [-0.25, -0.2) is 4.79 Å². The molecule has 0 aromatic carbocycles. The van der Waals surface area contributed by atoms with Crippen molar-refractivity contribution in [1.29, 1.82) is 0 Å². The molecule has 0 aliphatic heterocycles. The summed E-state index contributed by atoms with van der Waals surface area (Å²) in [6.45, 7) is 4.94. The lowest BCUT2D eigenvalue weighted by Gasteiger charge is -2.25. The molecule has 103 heavy (non-hydrogen) atoms. The number of carbonyl (C=O) groups is 3. The summed E-state index contributed by atoms with van der Waals surface area (Å²) >= 11 is 0. The quantitative estimate of drug-likeness (QED) is 0.0211. The summed E-state index contributed by atoms with van der Waals surface area (Å²) in [4.78, 5) is 37.8. The number of hydrogen-bond acceptors (Lipinski definition) is 7. The van der Waals surface area contributed by atoms with Crippen LogP contribution in [0, 0.1) is 0 Å². The van der Waals surface area contributed by atoms with E-state index < -0.39 is 18.4 Å². The normalized spacial score (nSPS) is 12.8. The minimum absolute atomic E-state index is 0.176. The predicted molar refractivity (Wildman–Crippen MR) is 447 cm³/mol. The Kier molecular flexibility index (Phi) is 82.1. The molecule has 0 aromatic rings. The number of unbranched alkanes of at least 4 members (excludes halogenated alkanes) is 61. The van der Waals surface area contributed by atoms with Gasteiger partial charge < -0.3 is 28.5 Å². The minimum Gasteiger partial charge on any atom is -0.477 e. The van der Waals surface area contributed by atoms with Gasteiger partial charge in [0.1, 0.15) is 13.2 Å². The van der Waals surface area contributed by atoms with Crippen LogP contribution in [0.1, 0.15) is 463 Å². The van der Waals surface area contributed by atoms with Gasteiger partial charge in [0.05, 0.1) is 34.4 Å². The molecule has 0 aliphatic rings. The van der Waals surface area contributed by atoms with Crippen LogP contribution in [-0.4, -0.2) is 87.4 Å². The van der Waals surface area contributed by atoms with Crippen molar-refractivity contribution < 1.29 is 42.9 Å². The number of aliphatic carboxylic acids is 1. The van der Waals surface area contributed by atoms with Crippen molar-refractivity contribution in [2.24, 2.45) is 0 Å². The topological polar surface area (TPSA) is 108 Å². The molecule has 0 saturated carbocycles. The van der Waals surface area contributed by atoms with Gasteiger partial charge in [-0.1, -0.05) is 428 Å². The first-order valence-electron chi connectivity index (χ1n) is 45.5. The maximum absolute atomic E-state index is 13.0. The first kappa shape index (κ1) is 100.0. The highest BCUT2D eigenvalue weighted by atomic mass is 16.7. The average molecular weight is 1450 g/mol. The lowest BCUT2D eigenvalue weighted by molar-refractivity contribution is -0.870. The summed E-state index contributed by atoms with van der Waals surface area (Å²) in [7, 11) is 6.01. The van der Waals surface area contributed by atoms with Gasteiger partial charge in [0.25, 0.3) is 6.29 Å². The molecule has 0 radical (unpaired) electrons. The van der Waals surface area contributed by atoms with Crippen molar-refractivity contribution in [2.75, 3.05) is 47.5 Å². The van der Waals surface area contributed by atoms with E-state index in [4.69, 9.17) is 18.9 Å². The van der Waals surface area contributed by atoms with Crippen LogP contribution < -0.4 is 0 Å².